The summed E-state index contributed by atoms with van der Waals surface area (Å²) in [5, 5.41) is 0. The summed E-state index contributed by atoms with van der Waals surface area (Å²) in [4.78, 5) is 0. The van der Waals surface area contributed by atoms with Gasteiger partial charge >= 0.3 is 0 Å². The van der Waals surface area contributed by atoms with E-state index in [2.05, 4.69) is 20.9 Å². The van der Waals surface area contributed by atoms with Crippen LogP contribution in [0.5, 0.6) is 0 Å². The molecule has 28 heavy (non-hydrogen) atoms. The van der Waals surface area contributed by atoms with E-state index >= 15 is 0 Å². The first kappa shape index (κ1) is 30.9. The van der Waals surface area contributed by atoms with Gasteiger partial charge in [0, 0.05) is 5.88 Å². The molecule has 0 rings (SSSR count). The van der Waals surface area contributed by atoms with Crippen LogP contribution >= 0.6 is 11.6 Å². The van der Waals surface area contributed by atoms with Gasteiger partial charge in [-0.25, -0.2) is 0 Å². The molecule has 0 aromatic rings. The van der Waals surface area contributed by atoms with Crippen molar-refractivity contribution >= 4 is 11.6 Å². The largest absolute Gasteiger partial charge is 1.00 e. The van der Waals surface area contributed by atoms with E-state index in [1.54, 1.807) is 0 Å². The van der Waals surface area contributed by atoms with Crippen molar-refractivity contribution in [2.45, 2.75) is 129 Å². The molecule has 0 saturated carbocycles. The van der Waals surface area contributed by atoms with Crippen molar-refractivity contribution in [1.82, 2.24) is 0 Å². The summed E-state index contributed by atoms with van der Waals surface area (Å²) in [6.45, 7) is 8.70. The van der Waals surface area contributed by atoms with Crippen LogP contribution < -0.4 is 17.0 Å². The standard InChI is InChI=1S/C25H53ClN.BrH/c1-4-6-8-10-12-14-16-19-23-27(3,25-21-18-22-26)24-20-17-15-13-11-9-7-5-2;/h4-25H2,1-3H3;1H/q+1;/p-1. The van der Waals surface area contributed by atoms with Gasteiger partial charge < -0.3 is 21.5 Å². The van der Waals surface area contributed by atoms with Crippen molar-refractivity contribution in [1.29, 1.82) is 0 Å². The molecule has 0 N–H and O–H groups in total. The maximum absolute atomic E-state index is 5.92. The van der Waals surface area contributed by atoms with Gasteiger partial charge in [0.05, 0.1) is 26.7 Å². The normalized spacial score (nSPS) is 11.6. The molecule has 0 atom stereocenters. The quantitative estimate of drug-likeness (QED) is 0.105. The van der Waals surface area contributed by atoms with E-state index in [1.165, 1.54) is 140 Å². The molecule has 0 fully saturated rings. The summed E-state index contributed by atoms with van der Waals surface area (Å²) < 4.78 is 1.29. The van der Waals surface area contributed by atoms with Crippen molar-refractivity contribution in [3.05, 3.63) is 0 Å². The molecule has 0 aromatic carbocycles. The smallest absolute Gasteiger partial charge is 0.0784 e. The predicted octanol–water partition coefficient (Wildman–Crippen LogP) is 5.74. The van der Waals surface area contributed by atoms with Crippen LogP contribution in [-0.4, -0.2) is 37.0 Å². The summed E-state index contributed by atoms with van der Waals surface area (Å²) in [5.41, 5.74) is 0. The molecule has 0 amide bonds. The van der Waals surface area contributed by atoms with E-state index in [9.17, 15) is 0 Å². The van der Waals surface area contributed by atoms with Gasteiger partial charge in [0.25, 0.3) is 0 Å². The minimum absolute atomic E-state index is 0. The highest BCUT2D eigenvalue weighted by Crippen LogP contribution is 2.16. The summed E-state index contributed by atoms with van der Waals surface area (Å²) in [6, 6.07) is 0. The average molecular weight is 483 g/mol. The number of hydrogen-bond donors (Lipinski definition) is 0. The Balaban J connectivity index is 0. The minimum Gasteiger partial charge on any atom is -1.00 e. The van der Waals surface area contributed by atoms with Gasteiger partial charge in [0.15, 0.2) is 0 Å². The van der Waals surface area contributed by atoms with Crippen molar-refractivity contribution in [3.8, 4) is 0 Å². The molecule has 0 saturated heterocycles. The number of rotatable bonds is 22. The molecular weight excluding hydrogens is 430 g/mol. The predicted molar refractivity (Wildman–Crippen MR) is 126 cm³/mol. The van der Waals surface area contributed by atoms with E-state index in [-0.39, 0.29) is 17.0 Å². The second-order valence-electron chi connectivity index (χ2n) is 9.14. The molecular formula is C25H53BrClN. The van der Waals surface area contributed by atoms with Gasteiger partial charge in [-0.15, -0.1) is 11.6 Å². The molecule has 0 spiro atoms. The fourth-order valence-corrected chi connectivity index (χ4v) is 4.37. The molecule has 172 valence electrons. The van der Waals surface area contributed by atoms with Crippen LogP contribution in [-0.2, 0) is 0 Å². The summed E-state index contributed by atoms with van der Waals surface area (Å²) >= 11 is 5.92. The lowest BCUT2D eigenvalue weighted by Gasteiger charge is -2.35. The van der Waals surface area contributed by atoms with Crippen LogP contribution in [0.15, 0.2) is 0 Å². The molecule has 0 aliphatic heterocycles. The third kappa shape index (κ3) is 21.4. The highest BCUT2D eigenvalue weighted by atomic mass is 79.9. The Labute approximate surface area is 194 Å². The number of unbranched alkanes of at least 4 members (excludes halogenated alkanes) is 15. The Morgan fingerprint density at radius 1 is 0.464 bits per heavy atom. The zero-order valence-corrected chi connectivity index (χ0v) is 22.1. The summed E-state index contributed by atoms with van der Waals surface area (Å²) in [5.74, 6) is 0.829. The SMILES string of the molecule is CCCCCCCCCC[N+](C)(CCCCCl)CCCCCCCCCC.[Br-]. The number of nitrogens with zero attached hydrogens (tertiary/aromatic N) is 1. The van der Waals surface area contributed by atoms with Crippen LogP contribution in [0.25, 0.3) is 0 Å². The maximum Gasteiger partial charge on any atom is 0.0784 e. The lowest BCUT2D eigenvalue weighted by molar-refractivity contribution is -0.910. The second kappa shape index (κ2) is 24.0. The van der Waals surface area contributed by atoms with Crippen molar-refractivity contribution in [3.63, 3.8) is 0 Å². The number of quaternary nitrogens is 1. The fourth-order valence-electron chi connectivity index (χ4n) is 4.18. The van der Waals surface area contributed by atoms with Crippen molar-refractivity contribution < 1.29 is 21.5 Å². The van der Waals surface area contributed by atoms with Gasteiger partial charge in [-0.1, -0.05) is 90.9 Å². The zero-order valence-electron chi connectivity index (χ0n) is 19.8. The van der Waals surface area contributed by atoms with Gasteiger partial charge in [0.1, 0.15) is 0 Å². The van der Waals surface area contributed by atoms with Crippen LogP contribution in [0.1, 0.15) is 129 Å². The molecule has 0 heterocycles. The first-order valence-electron chi connectivity index (χ1n) is 12.6. The molecule has 0 aliphatic rings. The Hall–Kier alpha value is 0.730. The molecule has 0 aliphatic carbocycles. The first-order chi connectivity index (χ1) is 13.2. The third-order valence-corrected chi connectivity index (χ3v) is 6.45. The number of halogens is 2. The van der Waals surface area contributed by atoms with Crippen LogP contribution in [0.4, 0.5) is 0 Å². The summed E-state index contributed by atoms with van der Waals surface area (Å²) in [7, 11) is 2.51. The average Bonchev–Trinajstić information content (AvgIpc) is 2.66. The van der Waals surface area contributed by atoms with Gasteiger partial charge in [-0.3, -0.25) is 0 Å². The number of alkyl halides is 1. The Kier molecular flexibility index (Phi) is 26.5. The Morgan fingerprint density at radius 3 is 1.07 bits per heavy atom. The molecule has 0 radical (unpaired) electrons. The number of hydrogen-bond acceptors (Lipinski definition) is 0. The van der Waals surface area contributed by atoms with Gasteiger partial charge in [-0.2, -0.15) is 0 Å². The third-order valence-electron chi connectivity index (χ3n) is 6.18. The first-order valence-corrected chi connectivity index (χ1v) is 13.1. The van der Waals surface area contributed by atoms with Crippen LogP contribution in [0.2, 0.25) is 0 Å². The second-order valence-corrected chi connectivity index (χ2v) is 9.51. The van der Waals surface area contributed by atoms with E-state index in [0.29, 0.717) is 0 Å². The van der Waals surface area contributed by atoms with Crippen LogP contribution in [0.3, 0.4) is 0 Å². The topological polar surface area (TPSA) is 0 Å². The van der Waals surface area contributed by atoms with Crippen molar-refractivity contribution in [2.24, 2.45) is 0 Å². The zero-order chi connectivity index (χ0) is 20.1. The summed E-state index contributed by atoms with van der Waals surface area (Å²) in [6.07, 6.45) is 25.4. The fraction of sp³-hybridized carbons (Fsp3) is 1.00. The molecule has 1 nitrogen and oxygen atoms in total. The molecule has 0 bridgehead atoms. The van der Waals surface area contributed by atoms with E-state index in [1.807, 2.05) is 0 Å². The lowest BCUT2D eigenvalue weighted by atomic mass is 10.1. The molecule has 0 unspecified atom stereocenters. The van der Waals surface area contributed by atoms with Crippen molar-refractivity contribution in [2.75, 3.05) is 32.6 Å². The van der Waals surface area contributed by atoms with E-state index in [4.69, 9.17) is 11.6 Å². The van der Waals surface area contributed by atoms with Crippen LogP contribution in [0, 0.1) is 0 Å². The van der Waals surface area contributed by atoms with E-state index in [0.717, 1.165) is 5.88 Å². The van der Waals surface area contributed by atoms with E-state index < -0.39 is 0 Å². The minimum atomic E-state index is 0. The Bertz CT molecular complexity index is 266. The monoisotopic (exact) mass is 481 g/mol. The van der Waals surface area contributed by atoms with Gasteiger partial charge in [0.2, 0.25) is 0 Å². The highest BCUT2D eigenvalue weighted by Gasteiger charge is 2.20. The lowest BCUT2D eigenvalue weighted by Crippen LogP contribution is -3.00. The molecule has 0 aromatic heterocycles. The van der Waals surface area contributed by atoms with Gasteiger partial charge in [-0.05, 0) is 38.5 Å². The highest BCUT2D eigenvalue weighted by molar-refractivity contribution is 6.17. The maximum atomic E-state index is 5.92. The molecule has 3 heteroatoms. The Morgan fingerprint density at radius 2 is 0.750 bits per heavy atom.